The number of carbonyl (C=O) groups is 2. The second-order valence-corrected chi connectivity index (χ2v) is 6.91. The van der Waals surface area contributed by atoms with E-state index in [9.17, 15) is 9.59 Å². The number of nitrogens with zero attached hydrogens (tertiary/aromatic N) is 2. The molecule has 0 saturated heterocycles. The van der Waals surface area contributed by atoms with Crippen LogP contribution in [0.25, 0.3) is 10.9 Å². The molecule has 0 unspecified atom stereocenters. The van der Waals surface area contributed by atoms with Gasteiger partial charge in [-0.25, -0.2) is 9.97 Å². The summed E-state index contributed by atoms with van der Waals surface area (Å²) < 4.78 is 0. The fraction of sp³-hybridized carbons (Fsp3) is 0.0833. The van der Waals surface area contributed by atoms with Gasteiger partial charge in [-0.05, 0) is 48.7 Å². The van der Waals surface area contributed by atoms with Crippen LogP contribution in [0.1, 0.15) is 32.0 Å². The molecule has 1 aromatic heterocycles. The molecule has 2 amide bonds. The Hall–Kier alpha value is -4.06. The van der Waals surface area contributed by atoms with Gasteiger partial charge >= 0.3 is 0 Å². The SMILES string of the molecule is NC(=O)c1cccc2c(CCc3cccc(NC(=O)c4ccccc4)c3)ncnc12. The highest BCUT2D eigenvalue weighted by Gasteiger charge is 2.11. The Balaban J connectivity index is 1.51. The van der Waals surface area contributed by atoms with Crippen molar-refractivity contribution in [3.8, 4) is 0 Å². The summed E-state index contributed by atoms with van der Waals surface area (Å²) in [5.41, 5.74) is 9.69. The van der Waals surface area contributed by atoms with Crippen LogP contribution < -0.4 is 11.1 Å². The van der Waals surface area contributed by atoms with E-state index in [0.717, 1.165) is 28.8 Å². The second-order valence-electron chi connectivity index (χ2n) is 6.91. The van der Waals surface area contributed by atoms with Crippen LogP contribution in [0.15, 0.2) is 79.1 Å². The number of nitrogens with two attached hydrogens (primary N) is 1. The van der Waals surface area contributed by atoms with Crippen molar-refractivity contribution in [2.45, 2.75) is 12.8 Å². The minimum Gasteiger partial charge on any atom is -0.366 e. The number of primary amides is 1. The van der Waals surface area contributed by atoms with E-state index in [2.05, 4.69) is 15.3 Å². The molecule has 0 radical (unpaired) electrons. The molecule has 0 spiro atoms. The van der Waals surface area contributed by atoms with Crippen molar-refractivity contribution < 1.29 is 9.59 Å². The highest BCUT2D eigenvalue weighted by molar-refractivity contribution is 6.05. The Morgan fingerprint density at radius 1 is 0.867 bits per heavy atom. The monoisotopic (exact) mass is 396 g/mol. The Kier molecular flexibility index (Phi) is 5.48. The summed E-state index contributed by atoms with van der Waals surface area (Å²) in [4.78, 5) is 32.7. The normalized spacial score (nSPS) is 10.7. The van der Waals surface area contributed by atoms with Gasteiger partial charge in [-0.3, -0.25) is 9.59 Å². The van der Waals surface area contributed by atoms with Crippen LogP contribution >= 0.6 is 0 Å². The fourth-order valence-electron chi connectivity index (χ4n) is 3.40. The van der Waals surface area contributed by atoms with Gasteiger partial charge in [0, 0.05) is 16.6 Å². The van der Waals surface area contributed by atoms with E-state index in [1.807, 2.05) is 48.5 Å². The van der Waals surface area contributed by atoms with Crippen LogP contribution in [0.5, 0.6) is 0 Å². The molecule has 0 fully saturated rings. The van der Waals surface area contributed by atoms with Crippen molar-refractivity contribution in [1.29, 1.82) is 0 Å². The number of aryl methyl sites for hydroxylation is 2. The van der Waals surface area contributed by atoms with Gasteiger partial charge in [-0.2, -0.15) is 0 Å². The Bertz CT molecular complexity index is 1220. The fourth-order valence-corrected chi connectivity index (χ4v) is 3.40. The molecule has 4 rings (SSSR count). The molecule has 0 atom stereocenters. The lowest BCUT2D eigenvalue weighted by Gasteiger charge is -2.09. The van der Waals surface area contributed by atoms with Crippen LogP contribution in [0.2, 0.25) is 0 Å². The number of fused-ring (bicyclic) bond motifs is 1. The lowest BCUT2D eigenvalue weighted by molar-refractivity contribution is 0.0998. The Labute approximate surface area is 173 Å². The summed E-state index contributed by atoms with van der Waals surface area (Å²) in [5.74, 6) is -0.652. The van der Waals surface area contributed by atoms with Gasteiger partial charge in [0.25, 0.3) is 11.8 Å². The van der Waals surface area contributed by atoms with Crippen molar-refractivity contribution in [2.75, 3.05) is 5.32 Å². The quantitative estimate of drug-likeness (QED) is 0.518. The highest BCUT2D eigenvalue weighted by Crippen LogP contribution is 2.21. The number of hydrogen-bond donors (Lipinski definition) is 2. The highest BCUT2D eigenvalue weighted by atomic mass is 16.2. The van der Waals surface area contributed by atoms with Crippen LogP contribution in [-0.4, -0.2) is 21.8 Å². The summed E-state index contributed by atoms with van der Waals surface area (Å²) in [6.07, 6.45) is 2.85. The van der Waals surface area contributed by atoms with Crippen molar-refractivity contribution in [3.05, 3.63) is 102 Å². The number of carbonyl (C=O) groups excluding carboxylic acids is 2. The first-order chi connectivity index (χ1) is 14.6. The number of anilines is 1. The zero-order valence-corrected chi connectivity index (χ0v) is 16.2. The molecule has 3 aromatic carbocycles. The topological polar surface area (TPSA) is 98.0 Å². The minimum atomic E-state index is -0.507. The van der Waals surface area contributed by atoms with Gasteiger partial charge in [0.05, 0.1) is 16.8 Å². The van der Waals surface area contributed by atoms with Crippen LogP contribution in [-0.2, 0) is 12.8 Å². The maximum Gasteiger partial charge on any atom is 0.255 e. The van der Waals surface area contributed by atoms with Crippen molar-refractivity contribution in [1.82, 2.24) is 9.97 Å². The third-order valence-corrected chi connectivity index (χ3v) is 4.88. The number of benzene rings is 3. The number of hydrogen-bond acceptors (Lipinski definition) is 4. The van der Waals surface area contributed by atoms with E-state index in [1.54, 1.807) is 24.3 Å². The molecule has 0 aliphatic heterocycles. The molecule has 1 heterocycles. The molecule has 0 aliphatic carbocycles. The maximum atomic E-state index is 12.4. The molecular weight excluding hydrogens is 376 g/mol. The molecule has 0 aliphatic rings. The Morgan fingerprint density at radius 2 is 1.67 bits per heavy atom. The zero-order chi connectivity index (χ0) is 20.9. The molecule has 3 N–H and O–H groups in total. The van der Waals surface area contributed by atoms with Gasteiger partial charge in [0.2, 0.25) is 0 Å². The maximum absolute atomic E-state index is 12.4. The summed E-state index contributed by atoms with van der Waals surface area (Å²) in [6, 6.07) is 22.2. The number of amides is 2. The summed E-state index contributed by atoms with van der Waals surface area (Å²) in [5, 5.41) is 3.75. The van der Waals surface area contributed by atoms with Gasteiger partial charge < -0.3 is 11.1 Å². The van der Waals surface area contributed by atoms with Crippen molar-refractivity contribution in [3.63, 3.8) is 0 Å². The number of nitrogens with one attached hydrogen (secondary N) is 1. The molecule has 6 heteroatoms. The minimum absolute atomic E-state index is 0.145. The number of para-hydroxylation sites is 1. The third kappa shape index (κ3) is 4.17. The Morgan fingerprint density at radius 3 is 2.47 bits per heavy atom. The largest absolute Gasteiger partial charge is 0.366 e. The molecular formula is C24H20N4O2. The predicted octanol–water partition coefficient (Wildman–Crippen LogP) is 3.77. The van der Waals surface area contributed by atoms with E-state index >= 15 is 0 Å². The molecule has 30 heavy (non-hydrogen) atoms. The predicted molar refractivity (Wildman–Crippen MR) is 116 cm³/mol. The lowest BCUT2D eigenvalue weighted by Crippen LogP contribution is -2.12. The average Bonchev–Trinajstić information content (AvgIpc) is 2.78. The van der Waals surface area contributed by atoms with E-state index in [1.165, 1.54) is 6.33 Å². The zero-order valence-electron chi connectivity index (χ0n) is 16.2. The molecule has 0 bridgehead atoms. The van der Waals surface area contributed by atoms with Gasteiger partial charge in [0.1, 0.15) is 6.33 Å². The van der Waals surface area contributed by atoms with Gasteiger partial charge in [0.15, 0.2) is 0 Å². The summed E-state index contributed by atoms with van der Waals surface area (Å²) in [7, 11) is 0. The van der Waals surface area contributed by atoms with Crippen molar-refractivity contribution >= 4 is 28.4 Å². The smallest absolute Gasteiger partial charge is 0.255 e. The summed E-state index contributed by atoms with van der Waals surface area (Å²) in [6.45, 7) is 0. The van der Waals surface area contributed by atoms with Crippen LogP contribution in [0.4, 0.5) is 5.69 Å². The van der Waals surface area contributed by atoms with E-state index in [-0.39, 0.29) is 5.91 Å². The van der Waals surface area contributed by atoms with Gasteiger partial charge in [-0.15, -0.1) is 0 Å². The van der Waals surface area contributed by atoms with Crippen molar-refractivity contribution in [2.24, 2.45) is 5.73 Å². The summed E-state index contributed by atoms with van der Waals surface area (Å²) >= 11 is 0. The third-order valence-electron chi connectivity index (χ3n) is 4.88. The second kappa shape index (κ2) is 8.53. The number of aromatic nitrogens is 2. The first-order valence-electron chi connectivity index (χ1n) is 9.59. The van der Waals surface area contributed by atoms with E-state index in [0.29, 0.717) is 23.1 Å². The van der Waals surface area contributed by atoms with E-state index < -0.39 is 5.91 Å². The van der Waals surface area contributed by atoms with Crippen LogP contribution in [0, 0.1) is 0 Å². The first-order valence-corrected chi connectivity index (χ1v) is 9.59. The number of rotatable bonds is 6. The molecule has 6 nitrogen and oxygen atoms in total. The lowest BCUT2D eigenvalue weighted by atomic mass is 10.0. The molecule has 0 saturated carbocycles. The standard InChI is InChI=1S/C24H20N4O2/c25-23(29)20-11-5-10-19-21(26-15-27-22(19)20)13-12-16-6-4-9-18(14-16)28-24(30)17-7-2-1-3-8-17/h1-11,14-15H,12-13H2,(H2,25,29)(H,28,30). The first kappa shape index (κ1) is 19.3. The van der Waals surface area contributed by atoms with E-state index in [4.69, 9.17) is 5.73 Å². The molecule has 4 aromatic rings. The van der Waals surface area contributed by atoms with Gasteiger partial charge in [-0.1, -0.05) is 42.5 Å². The average molecular weight is 396 g/mol. The van der Waals surface area contributed by atoms with Crippen LogP contribution in [0.3, 0.4) is 0 Å². The molecule has 148 valence electrons.